The summed E-state index contributed by atoms with van der Waals surface area (Å²) in [4.78, 5) is 45.5. The number of hydrogen-bond donors (Lipinski definition) is 2. The van der Waals surface area contributed by atoms with Crippen LogP contribution < -0.4 is 30.7 Å². The van der Waals surface area contributed by atoms with Gasteiger partial charge >= 0.3 is 0 Å². The summed E-state index contributed by atoms with van der Waals surface area (Å²) in [6.45, 7) is 3.28. The first-order valence-corrected chi connectivity index (χ1v) is 18.2. The largest absolute Gasteiger partial charge is 0.457 e. The Kier molecular flexibility index (Phi) is 10.4. The normalized spacial score (nSPS) is 16.7. The van der Waals surface area contributed by atoms with Gasteiger partial charge in [0.2, 0.25) is 0 Å². The van der Waals surface area contributed by atoms with Crippen LogP contribution in [0.5, 0.6) is 23.0 Å². The molecule has 2 amide bonds. The first kappa shape index (κ1) is 36.9. The van der Waals surface area contributed by atoms with E-state index in [4.69, 9.17) is 25.7 Å². The molecule has 6 aromatic rings. The second-order valence-corrected chi connectivity index (χ2v) is 13.6. The number of carbonyl (C=O) groups is 2. The van der Waals surface area contributed by atoms with E-state index >= 15 is 0 Å². The Morgan fingerprint density at radius 3 is 1.32 bits per heavy atom. The third-order valence-electron chi connectivity index (χ3n) is 9.50. The number of hydrogen-bond acceptors (Lipinski definition) is 11. The Hall–Kier alpha value is -7.00. The second kappa shape index (κ2) is 16.0. The number of rotatable bonds is 10. The number of nitrogens with zero attached hydrogens (tertiary/aromatic N) is 6. The van der Waals surface area contributed by atoms with Crippen LogP contribution in [0.4, 0.5) is 20.4 Å². The fourth-order valence-electron chi connectivity index (χ4n) is 6.47. The minimum absolute atomic E-state index is 0.165. The lowest BCUT2D eigenvalue weighted by atomic mass is 10.2. The van der Waals surface area contributed by atoms with E-state index in [0.29, 0.717) is 46.3 Å². The minimum atomic E-state index is -0.605. The fraction of sp³-hybridized carbons (Fsp3) is 0.190. The summed E-state index contributed by atoms with van der Waals surface area (Å²) in [6, 6.07) is 29.1. The van der Waals surface area contributed by atoms with Crippen LogP contribution in [0.3, 0.4) is 0 Å². The molecule has 0 radical (unpaired) electrons. The summed E-state index contributed by atoms with van der Waals surface area (Å²) in [5.74, 6) is 2.64. The van der Waals surface area contributed by atoms with Crippen LogP contribution in [0.15, 0.2) is 109 Å². The molecule has 5 heterocycles. The van der Waals surface area contributed by atoms with E-state index in [0.717, 1.165) is 50.1 Å². The zero-order valence-electron chi connectivity index (χ0n) is 30.4. The Labute approximate surface area is 325 Å². The number of primary amides is 2. The van der Waals surface area contributed by atoms with Crippen LogP contribution in [0.1, 0.15) is 33.8 Å². The van der Waals surface area contributed by atoms with Crippen LogP contribution in [0.25, 0.3) is 22.8 Å². The summed E-state index contributed by atoms with van der Waals surface area (Å²) in [6.07, 6.45) is 2.68. The van der Waals surface area contributed by atoms with Crippen LogP contribution in [0, 0.1) is 11.6 Å². The molecule has 13 nitrogen and oxygen atoms in total. The maximum absolute atomic E-state index is 13.0. The molecule has 4 aromatic carbocycles. The quantitative estimate of drug-likeness (QED) is 0.145. The predicted octanol–water partition coefficient (Wildman–Crippen LogP) is 6.54. The number of halogens is 2. The highest BCUT2D eigenvalue weighted by molar-refractivity contribution is 5.92. The molecule has 288 valence electrons. The summed E-state index contributed by atoms with van der Waals surface area (Å²) in [5, 5.41) is 0. The number of amides is 2. The number of carbonyl (C=O) groups excluding carboxylic acids is 2. The van der Waals surface area contributed by atoms with Crippen molar-refractivity contribution in [2.45, 2.75) is 25.0 Å². The summed E-state index contributed by atoms with van der Waals surface area (Å²) >= 11 is 0. The number of morpholine rings is 1. The molecule has 0 saturated carbocycles. The van der Waals surface area contributed by atoms with Gasteiger partial charge in [0.1, 0.15) is 69.9 Å². The van der Waals surface area contributed by atoms with Crippen molar-refractivity contribution in [3.05, 3.63) is 132 Å². The van der Waals surface area contributed by atoms with Crippen LogP contribution >= 0.6 is 0 Å². The van der Waals surface area contributed by atoms with E-state index in [1.807, 2.05) is 12.1 Å². The van der Waals surface area contributed by atoms with Gasteiger partial charge in [-0.05, 0) is 110 Å². The van der Waals surface area contributed by atoms with Crippen molar-refractivity contribution >= 4 is 23.5 Å². The third-order valence-corrected chi connectivity index (χ3v) is 9.50. The van der Waals surface area contributed by atoms with E-state index < -0.39 is 11.8 Å². The number of anilines is 2. The van der Waals surface area contributed by atoms with Gasteiger partial charge in [0, 0.05) is 49.4 Å². The summed E-state index contributed by atoms with van der Waals surface area (Å²) in [5.41, 5.74) is 12.7. The zero-order chi connectivity index (χ0) is 39.5. The van der Waals surface area contributed by atoms with E-state index in [-0.39, 0.29) is 35.2 Å². The monoisotopic (exact) mass is 770 g/mol. The molecular formula is C42H36F2N8O5. The van der Waals surface area contributed by atoms with E-state index in [9.17, 15) is 18.4 Å². The lowest BCUT2D eigenvalue weighted by molar-refractivity contribution is 0.0987. The lowest BCUT2D eigenvalue weighted by Crippen LogP contribution is -2.26. The highest BCUT2D eigenvalue weighted by atomic mass is 19.1. The molecule has 4 N–H and O–H groups in total. The fourth-order valence-corrected chi connectivity index (χ4v) is 6.47. The molecule has 2 atom stereocenters. The van der Waals surface area contributed by atoms with Gasteiger partial charge < -0.3 is 35.5 Å². The SMILES string of the molecule is NC(=O)c1cc(N2CC3OC3C2)nc(-c2ccc(Oc3ccc(F)cc3)cc2)n1.NC(=O)c1cc(N2CCCC2)nc(-c2ccc(Oc3ccc(F)cc3)cc2)n1. The topological polar surface area (TPSA) is 175 Å². The molecule has 9 rings (SSSR count). The molecule has 3 aliphatic rings. The van der Waals surface area contributed by atoms with Gasteiger partial charge in [-0.3, -0.25) is 9.59 Å². The van der Waals surface area contributed by atoms with Crippen molar-refractivity contribution in [1.29, 1.82) is 0 Å². The van der Waals surface area contributed by atoms with Gasteiger partial charge in [-0.1, -0.05) is 0 Å². The average Bonchev–Trinajstić information content (AvgIpc) is 3.54. The molecule has 2 unspecified atom stereocenters. The Morgan fingerprint density at radius 2 is 0.930 bits per heavy atom. The van der Waals surface area contributed by atoms with E-state index in [1.54, 1.807) is 72.8 Å². The van der Waals surface area contributed by atoms with Gasteiger partial charge in [-0.15, -0.1) is 0 Å². The number of fused-ring (bicyclic) bond motifs is 1. The molecule has 15 heteroatoms. The summed E-state index contributed by atoms with van der Waals surface area (Å²) in [7, 11) is 0. The molecular weight excluding hydrogens is 735 g/mol. The van der Waals surface area contributed by atoms with Crippen molar-refractivity contribution in [3.8, 4) is 45.8 Å². The van der Waals surface area contributed by atoms with Crippen molar-refractivity contribution in [1.82, 2.24) is 19.9 Å². The van der Waals surface area contributed by atoms with Gasteiger partial charge in [-0.25, -0.2) is 28.7 Å². The number of nitrogens with two attached hydrogens (primary N) is 2. The lowest BCUT2D eigenvalue weighted by Gasteiger charge is -2.19. The van der Waals surface area contributed by atoms with Crippen molar-refractivity contribution in [3.63, 3.8) is 0 Å². The molecule has 3 fully saturated rings. The van der Waals surface area contributed by atoms with Gasteiger partial charge in [0.25, 0.3) is 11.8 Å². The van der Waals surface area contributed by atoms with Gasteiger partial charge in [0.05, 0.1) is 0 Å². The van der Waals surface area contributed by atoms with Gasteiger partial charge in [0.15, 0.2) is 11.6 Å². The summed E-state index contributed by atoms with van der Waals surface area (Å²) < 4.78 is 42.9. The predicted molar refractivity (Wildman–Crippen MR) is 207 cm³/mol. The highest BCUT2D eigenvalue weighted by Crippen LogP contribution is 2.34. The van der Waals surface area contributed by atoms with E-state index in [2.05, 4.69) is 29.7 Å². The average molecular weight is 771 g/mol. The molecule has 57 heavy (non-hydrogen) atoms. The number of epoxide rings is 1. The number of ether oxygens (including phenoxy) is 3. The zero-order valence-corrected chi connectivity index (χ0v) is 30.4. The molecule has 2 aromatic heterocycles. The first-order chi connectivity index (χ1) is 27.6. The van der Waals surface area contributed by atoms with Crippen molar-refractivity contribution < 1.29 is 32.6 Å². The Morgan fingerprint density at radius 1 is 0.561 bits per heavy atom. The van der Waals surface area contributed by atoms with Crippen LogP contribution in [0.2, 0.25) is 0 Å². The van der Waals surface area contributed by atoms with E-state index in [1.165, 1.54) is 24.3 Å². The third kappa shape index (κ3) is 8.95. The first-order valence-electron chi connectivity index (χ1n) is 18.2. The molecule has 0 bridgehead atoms. The number of benzene rings is 4. The maximum atomic E-state index is 13.0. The Balaban J connectivity index is 0.000000160. The minimum Gasteiger partial charge on any atom is -0.457 e. The second-order valence-electron chi connectivity index (χ2n) is 13.6. The molecule has 0 spiro atoms. The van der Waals surface area contributed by atoms with Gasteiger partial charge in [-0.2, -0.15) is 0 Å². The molecule has 3 saturated heterocycles. The number of aromatic nitrogens is 4. The van der Waals surface area contributed by atoms with Crippen molar-refractivity contribution in [2.75, 3.05) is 36.0 Å². The smallest absolute Gasteiger partial charge is 0.267 e. The highest BCUT2D eigenvalue weighted by Gasteiger charge is 2.47. The standard InChI is InChI=1S/C21H17FN4O3.C21H19FN4O2/c22-13-3-7-15(8-4-13)28-14-5-1-12(2-6-14)21-24-16(20(23)27)9-19(25-21)26-10-17-18(11-26)29-17;22-15-5-9-17(10-6-15)28-16-7-3-14(4-8-16)21-24-18(20(23)27)13-19(25-21)26-11-1-2-12-26/h1-9,17-18H,10-11H2,(H2,23,27);3-10,13H,1-2,11-12H2,(H2,23,27). The molecule has 3 aliphatic heterocycles. The Bertz CT molecular complexity index is 2390. The molecule has 0 aliphatic carbocycles. The maximum Gasteiger partial charge on any atom is 0.267 e. The van der Waals surface area contributed by atoms with Crippen LogP contribution in [-0.2, 0) is 4.74 Å². The van der Waals surface area contributed by atoms with Crippen molar-refractivity contribution in [2.24, 2.45) is 11.5 Å². The van der Waals surface area contributed by atoms with Crippen LogP contribution in [-0.4, -0.2) is 70.1 Å².